The van der Waals surface area contributed by atoms with Gasteiger partial charge in [-0.2, -0.15) is 0 Å². The fourth-order valence-electron chi connectivity index (χ4n) is 2.13. The lowest BCUT2D eigenvalue weighted by atomic mass is 9.92. The number of rotatable bonds is 9. The summed E-state index contributed by atoms with van der Waals surface area (Å²) in [5.74, 6) is 0. The molecule has 0 rings (SSSR count). The van der Waals surface area contributed by atoms with Crippen molar-refractivity contribution < 1.29 is 0 Å². The highest BCUT2D eigenvalue weighted by Gasteiger charge is 2.20. The molecule has 20 heavy (non-hydrogen) atoms. The Kier molecular flexibility index (Phi) is 8.29. The van der Waals surface area contributed by atoms with Crippen molar-refractivity contribution in [3.05, 3.63) is 47.7 Å². The van der Waals surface area contributed by atoms with Gasteiger partial charge < -0.3 is 5.32 Å². The van der Waals surface area contributed by atoms with Crippen molar-refractivity contribution in [1.29, 1.82) is 0 Å². The maximum Gasteiger partial charge on any atom is 0.0340 e. The zero-order valence-electron chi connectivity index (χ0n) is 14.4. The molecule has 0 saturated carbocycles. The standard InChI is InChI=1S/C19H33N/c1-9-14-19(8,11-3)20-18(7)17(6)13-12-16(5)15(4)10-2/h12-13,20H,4-5,9-11,14H2,1-3,6-8H3/b13-12-,18-17+. The molecule has 0 aromatic carbocycles. The highest BCUT2D eigenvalue weighted by molar-refractivity contribution is 5.38. The summed E-state index contributed by atoms with van der Waals surface area (Å²) in [5.41, 5.74) is 4.81. The number of nitrogens with one attached hydrogen (secondary N) is 1. The summed E-state index contributed by atoms with van der Waals surface area (Å²) in [4.78, 5) is 0. The number of hydrogen-bond acceptors (Lipinski definition) is 1. The van der Waals surface area contributed by atoms with Crippen LogP contribution < -0.4 is 5.32 Å². The zero-order valence-corrected chi connectivity index (χ0v) is 14.4. The van der Waals surface area contributed by atoms with Gasteiger partial charge in [0.1, 0.15) is 0 Å². The van der Waals surface area contributed by atoms with Gasteiger partial charge in [-0.05, 0) is 56.8 Å². The van der Waals surface area contributed by atoms with E-state index in [2.05, 4.69) is 72.2 Å². The average Bonchev–Trinajstić information content (AvgIpc) is 2.43. The van der Waals surface area contributed by atoms with Gasteiger partial charge in [0.2, 0.25) is 0 Å². The fourth-order valence-corrected chi connectivity index (χ4v) is 2.13. The topological polar surface area (TPSA) is 12.0 Å². The first kappa shape index (κ1) is 18.8. The van der Waals surface area contributed by atoms with Crippen molar-refractivity contribution in [2.45, 2.75) is 72.8 Å². The molecule has 0 fully saturated rings. The highest BCUT2D eigenvalue weighted by atomic mass is 15.0. The second kappa shape index (κ2) is 8.84. The van der Waals surface area contributed by atoms with Gasteiger partial charge in [0.25, 0.3) is 0 Å². The minimum absolute atomic E-state index is 0.192. The van der Waals surface area contributed by atoms with Crippen molar-refractivity contribution in [3.8, 4) is 0 Å². The molecule has 0 aliphatic rings. The Hall–Kier alpha value is -1.24. The van der Waals surface area contributed by atoms with E-state index in [4.69, 9.17) is 0 Å². The summed E-state index contributed by atoms with van der Waals surface area (Å²) < 4.78 is 0. The zero-order chi connectivity index (χ0) is 15.8. The normalized spacial score (nSPS) is 15.7. The van der Waals surface area contributed by atoms with Gasteiger partial charge in [-0.25, -0.2) is 0 Å². The first-order valence-corrected chi connectivity index (χ1v) is 7.80. The van der Waals surface area contributed by atoms with Crippen LogP contribution in [0.15, 0.2) is 47.7 Å². The van der Waals surface area contributed by atoms with E-state index in [9.17, 15) is 0 Å². The molecule has 0 heterocycles. The van der Waals surface area contributed by atoms with Crippen molar-refractivity contribution in [3.63, 3.8) is 0 Å². The van der Waals surface area contributed by atoms with Crippen LogP contribution in [0.2, 0.25) is 0 Å². The molecule has 0 amide bonds. The minimum Gasteiger partial charge on any atom is -0.383 e. The molecule has 0 aliphatic carbocycles. The third-order valence-electron chi connectivity index (χ3n) is 4.08. The van der Waals surface area contributed by atoms with Crippen LogP contribution in [0.4, 0.5) is 0 Å². The molecular weight excluding hydrogens is 242 g/mol. The van der Waals surface area contributed by atoms with E-state index in [1.165, 1.54) is 24.1 Å². The second-order valence-corrected chi connectivity index (χ2v) is 5.91. The van der Waals surface area contributed by atoms with Crippen LogP contribution in [0.3, 0.4) is 0 Å². The van der Waals surface area contributed by atoms with Crippen LogP contribution in [-0.2, 0) is 0 Å². The predicted octanol–water partition coefficient (Wildman–Crippen LogP) is 5.92. The summed E-state index contributed by atoms with van der Waals surface area (Å²) in [6.07, 6.45) is 8.68. The van der Waals surface area contributed by atoms with Crippen molar-refractivity contribution in [2.75, 3.05) is 0 Å². The molecule has 0 saturated heterocycles. The Morgan fingerprint density at radius 3 is 2.15 bits per heavy atom. The molecular formula is C19H33N. The van der Waals surface area contributed by atoms with Gasteiger partial charge in [0.05, 0.1) is 0 Å². The molecule has 0 aliphatic heterocycles. The average molecular weight is 275 g/mol. The quantitative estimate of drug-likeness (QED) is 0.515. The molecule has 1 unspecified atom stereocenters. The van der Waals surface area contributed by atoms with Gasteiger partial charge in [-0.3, -0.25) is 0 Å². The third kappa shape index (κ3) is 6.27. The van der Waals surface area contributed by atoms with Crippen LogP contribution in [0.5, 0.6) is 0 Å². The molecule has 0 bridgehead atoms. The Balaban J connectivity index is 4.86. The lowest BCUT2D eigenvalue weighted by Gasteiger charge is -2.31. The number of hydrogen-bond donors (Lipinski definition) is 1. The van der Waals surface area contributed by atoms with Gasteiger partial charge >= 0.3 is 0 Å². The van der Waals surface area contributed by atoms with Gasteiger partial charge in [0.15, 0.2) is 0 Å². The Morgan fingerprint density at radius 2 is 1.70 bits per heavy atom. The summed E-state index contributed by atoms with van der Waals surface area (Å²) in [6.45, 7) is 21.2. The van der Waals surface area contributed by atoms with Crippen molar-refractivity contribution in [2.24, 2.45) is 0 Å². The summed E-state index contributed by atoms with van der Waals surface area (Å²) in [7, 11) is 0. The van der Waals surface area contributed by atoms with Gasteiger partial charge in [0, 0.05) is 11.2 Å². The molecule has 1 nitrogen and oxygen atoms in total. The number of allylic oxidation sites excluding steroid dienone is 6. The molecule has 1 atom stereocenters. The summed E-state index contributed by atoms with van der Waals surface area (Å²) in [5, 5.41) is 3.69. The first-order valence-electron chi connectivity index (χ1n) is 7.80. The monoisotopic (exact) mass is 275 g/mol. The van der Waals surface area contributed by atoms with Gasteiger partial charge in [-0.1, -0.05) is 52.5 Å². The molecule has 0 radical (unpaired) electrons. The SMILES string of the molecule is C=C(/C=C\C(C)=C(/C)NC(C)(CC)CCC)C(=C)CC. The molecule has 0 aromatic rings. The molecule has 1 heteroatoms. The molecule has 0 aromatic heterocycles. The van der Waals surface area contributed by atoms with Gasteiger partial charge in [-0.15, -0.1) is 0 Å². The highest BCUT2D eigenvalue weighted by Crippen LogP contribution is 2.20. The van der Waals surface area contributed by atoms with Crippen molar-refractivity contribution >= 4 is 0 Å². The Labute approximate surface area is 126 Å². The lowest BCUT2D eigenvalue weighted by Crippen LogP contribution is -2.40. The smallest absolute Gasteiger partial charge is 0.0340 e. The van der Waals surface area contributed by atoms with Crippen LogP contribution in [0.1, 0.15) is 67.2 Å². The lowest BCUT2D eigenvalue weighted by molar-refractivity contribution is 0.344. The fraction of sp³-hybridized carbons (Fsp3) is 0.579. The van der Waals surface area contributed by atoms with E-state index in [1.807, 2.05) is 0 Å². The van der Waals surface area contributed by atoms with E-state index in [0.717, 1.165) is 24.0 Å². The van der Waals surface area contributed by atoms with Crippen LogP contribution in [0.25, 0.3) is 0 Å². The first-order chi connectivity index (χ1) is 9.29. The maximum absolute atomic E-state index is 4.05. The summed E-state index contributed by atoms with van der Waals surface area (Å²) in [6, 6.07) is 0. The maximum atomic E-state index is 4.05. The van der Waals surface area contributed by atoms with E-state index < -0.39 is 0 Å². The largest absolute Gasteiger partial charge is 0.383 e. The van der Waals surface area contributed by atoms with Crippen LogP contribution >= 0.6 is 0 Å². The summed E-state index contributed by atoms with van der Waals surface area (Å²) >= 11 is 0. The van der Waals surface area contributed by atoms with E-state index >= 15 is 0 Å². The van der Waals surface area contributed by atoms with Crippen LogP contribution in [0, 0.1) is 0 Å². The Morgan fingerprint density at radius 1 is 1.10 bits per heavy atom. The Bertz CT molecular complexity index is 398. The molecule has 114 valence electrons. The van der Waals surface area contributed by atoms with Crippen molar-refractivity contribution in [1.82, 2.24) is 5.32 Å². The van der Waals surface area contributed by atoms with E-state index in [0.29, 0.717) is 0 Å². The second-order valence-electron chi connectivity index (χ2n) is 5.91. The molecule has 0 spiro atoms. The minimum atomic E-state index is 0.192. The van der Waals surface area contributed by atoms with E-state index in [1.54, 1.807) is 0 Å². The van der Waals surface area contributed by atoms with Crippen LogP contribution in [-0.4, -0.2) is 5.54 Å². The molecule has 1 N–H and O–H groups in total. The van der Waals surface area contributed by atoms with E-state index in [-0.39, 0.29) is 5.54 Å². The third-order valence-corrected chi connectivity index (χ3v) is 4.08. The predicted molar refractivity (Wildman–Crippen MR) is 92.8 cm³/mol.